The zero-order valence-electron chi connectivity index (χ0n) is 10.8. The molecule has 0 aliphatic rings. The lowest BCUT2D eigenvalue weighted by Crippen LogP contribution is -2.17. The summed E-state index contributed by atoms with van der Waals surface area (Å²) in [4.78, 5) is 12.0. The van der Waals surface area contributed by atoms with E-state index in [2.05, 4.69) is 21.2 Å². The maximum atomic E-state index is 13.5. The normalized spacial score (nSPS) is 10.5. The molecule has 7 heteroatoms. The van der Waals surface area contributed by atoms with Gasteiger partial charge in [-0.1, -0.05) is 0 Å². The second-order valence-electron chi connectivity index (χ2n) is 4.41. The van der Waals surface area contributed by atoms with Crippen LogP contribution < -0.4 is 11.1 Å². The standard InChI is InChI=1S/C14H10BrF3N2O/c1-6-2-8(15)13(11(19)3-6)20-14(21)12-9(17)4-7(16)5-10(12)18/h2-5H,19H2,1H3,(H,20,21). The van der Waals surface area contributed by atoms with E-state index in [1.807, 2.05) is 0 Å². The minimum atomic E-state index is -1.29. The molecule has 0 heterocycles. The molecule has 0 bridgehead atoms. The molecule has 3 N–H and O–H groups in total. The third-order valence-electron chi connectivity index (χ3n) is 2.74. The number of halogens is 4. The third-order valence-corrected chi connectivity index (χ3v) is 3.36. The van der Waals surface area contributed by atoms with Crippen molar-refractivity contribution in [2.24, 2.45) is 0 Å². The van der Waals surface area contributed by atoms with Gasteiger partial charge in [0.15, 0.2) is 0 Å². The highest BCUT2D eigenvalue weighted by molar-refractivity contribution is 9.10. The summed E-state index contributed by atoms with van der Waals surface area (Å²) in [7, 11) is 0. The quantitative estimate of drug-likeness (QED) is 0.797. The Morgan fingerprint density at radius 2 is 1.71 bits per heavy atom. The second kappa shape index (κ2) is 5.77. The molecule has 0 unspecified atom stereocenters. The summed E-state index contributed by atoms with van der Waals surface area (Å²) in [6, 6.07) is 4.15. The highest BCUT2D eigenvalue weighted by Gasteiger charge is 2.20. The number of nitrogens with one attached hydrogen (secondary N) is 1. The van der Waals surface area contributed by atoms with E-state index in [-0.39, 0.29) is 11.4 Å². The van der Waals surface area contributed by atoms with Crippen LogP contribution in [0.2, 0.25) is 0 Å². The first-order valence-corrected chi connectivity index (χ1v) is 6.60. The molecule has 0 atom stereocenters. The monoisotopic (exact) mass is 358 g/mol. The van der Waals surface area contributed by atoms with Gasteiger partial charge in [-0.3, -0.25) is 4.79 Å². The van der Waals surface area contributed by atoms with E-state index in [9.17, 15) is 18.0 Å². The van der Waals surface area contributed by atoms with Crippen LogP contribution in [0.3, 0.4) is 0 Å². The zero-order valence-corrected chi connectivity index (χ0v) is 12.4. The largest absolute Gasteiger partial charge is 0.397 e. The smallest absolute Gasteiger partial charge is 0.261 e. The SMILES string of the molecule is Cc1cc(N)c(NC(=O)c2c(F)cc(F)cc2F)c(Br)c1. The van der Waals surface area contributed by atoms with Gasteiger partial charge in [0.25, 0.3) is 5.91 Å². The number of benzene rings is 2. The minimum absolute atomic E-state index is 0.189. The van der Waals surface area contributed by atoms with Crippen LogP contribution in [0.1, 0.15) is 15.9 Å². The van der Waals surface area contributed by atoms with Crippen molar-refractivity contribution in [2.75, 3.05) is 11.1 Å². The fourth-order valence-electron chi connectivity index (χ4n) is 1.84. The average Bonchev–Trinajstić information content (AvgIpc) is 2.32. The van der Waals surface area contributed by atoms with E-state index in [4.69, 9.17) is 5.73 Å². The Labute approximate surface area is 127 Å². The van der Waals surface area contributed by atoms with Gasteiger partial charge in [-0.2, -0.15) is 0 Å². The van der Waals surface area contributed by atoms with Crippen molar-refractivity contribution in [3.8, 4) is 0 Å². The number of rotatable bonds is 2. The number of hydrogen-bond donors (Lipinski definition) is 2. The van der Waals surface area contributed by atoms with Gasteiger partial charge in [-0.05, 0) is 40.5 Å². The number of hydrogen-bond acceptors (Lipinski definition) is 2. The van der Waals surface area contributed by atoms with Gasteiger partial charge in [0, 0.05) is 16.6 Å². The number of nitrogens with two attached hydrogens (primary N) is 1. The molecule has 2 rings (SSSR count). The van der Waals surface area contributed by atoms with Gasteiger partial charge >= 0.3 is 0 Å². The molecule has 0 saturated heterocycles. The van der Waals surface area contributed by atoms with Crippen LogP contribution in [-0.4, -0.2) is 5.91 Å². The molecule has 0 spiro atoms. The molecule has 0 fully saturated rings. The van der Waals surface area contributed by atoms with E-state index < -0.39 is 28.9 Å². The molecule has 1 amide bonds. The predicted molar refractivity (Wildman–Crippen MR) is 77.6 cm³/mol. The first kappa shape index (κ1) is 15.4. The fourth-order valence-corrected chi connectivity index (χ4v) is 2.53. The summed E-state index contributed by atoms with van der Waals surface area (Å²) < 4.78 is 40.4. The minimum Gasteiger partial charge on any atom is -0.397 e. The summed E-state index contributed by atoms with van der Waals surface area (Å²) in [5.74, 6) is -4.72. The molecule has 0 aliphatic carbocycles. The van der Waals surface area contributed by atoms with Crippen LogP contribution in [0.4, 0.5) is 24.5 Å². The summed E-state index contributed by atoms with van der Waals surface area (Å²) in [6.07, 6.45) is 0. The van der Waals surface area contributed by atoms with Crippen LogP contribution in [0.5, 0.6) is 0 Å². The van der Waals surface area contributed by atoms with E-state index in [0.717, 1.165) is 5.56 Å². The van der Waals surface area contributed by atoms with Crippen LogP contribution >= 0.6 is 15.9 Å². The molecular formula is C14H10BrF3N2O. The van der Waals surface area contributed by atoms with Crippen molar-refractivity contribution in [2.45, 2.75) is 6.92 Å². The lowest BCUT2D eigenvalue weighted by Gasteiger charge is -2.12. The summed E-state index contributed by atoms with van der Waals surface area (Å²) in [5, 5.41) is 2.31. The molecule has 0 radical (unpaired) electrons. The van der Waals surface area contributed by atoms with Gasteiger partial charge in [-0.15, -0.1) is 0 Å². The lowest BCUT2D eigenvalue weighted by molar-refractivity contribution is 0.101. The summed E-state index contributed by atoms with van der Waals surface area (Å²) >= 11 is 3.21. The van der Waals surface area contributed by atoms with Crippen molar-refractivity contribution >= 4 is 33.2 Å². The number of aryl methyl sites for hydroxylation is 1. The van der Waals surface area contributed by atoms with E-state index >= 15 is 0 Å². The van der Waals surface area contributed by atoms with Crippen LogP contribution in [0.25, 0.3) is 0 Å². The highest BCUT2D eigenvalue weighted by atomic mass is 79.9. The molecule has 110 valence electrons. The van der Waals surface area contributed by atoms with Crippen molar-refractivity contribution in [3.63, 3.8) is 0 Å². The number of anilines is 2. The Kier molecular flexibility index (Phi) is 4.22. The number of amides is 1. The maximum Gasteiger partial charge on any atom is 0.261 e. The molecule has 0 aliphatic heterocycles. The van der Waals surface area contributed by atoms with Crippen molar-refractivity contribution in [1.82, 2.24) is 0 Å². The Morgan fingerprint density at radius 1 is 1.14 bits per heavy atom. The zero-order chi connectivity index (χ0) is 15.7. The first-order chi connectivity index (χ1) is 9.79. The Morgan fingerprint density at radius 3 is 2.24 bits per heavy atom. The van der Waals surface area contributed by atoms with Crippen LogP contribution in [0, 0.1) is 24.4 Å². The average molecular weight is 359 g/mol. The van der Waals surface area contributed by atoms with Gasteiger partial charge in [0.05, 0.1) is 11.4 Å². The number of carbonyl (C=O) groups excluding carboxylic acids is 1. The summed E-state index contributed by atoms with van der Waals surface area (Å²) in [5.41, 5.74) is 6.15. The molecule has 2 aromatic rings. The van der Waals surface area contributed by atoms with Crippen LogP contribution in [-0.2, 0) is 0 Å². The molecule has 0 saturated carbocycles. The second-order valence-corrected chi connectivity index (χ2v) is 5.26. The molecule has 3 nitrogen and oxygen atoms in total. The van der Waals surface area contributed by atoms with Crippen molar-refractivity contribution in [3.05, 3.63) is 57.3 Å². The van der Waals surface area contributed by atoms with E-state index in [0.29, 0.717) is 16.6 Å². The predicted octanol–water partition coefficient (Wildman–Crippen LogP) is 4.01. The molecule has 0 aromatic heterocycles. The highest BCUT2D eigenvalue weighted by Crippen LogP contribution is 2.31. The van der Waals surface area contributed by atoms with Gasteiger partial charge < -0.3 is 11.1 Å². The number of nitrogen functional groups attached to an aromatic ring is 1. The van der Waals surface area contributed by atoms with Gasteiger partial charge in [-0.25, -0.2) is 13.2 Å². The van der Waals surface area contributed by atoms with Crippen molar-refractivity contribution in [1.29, 1.82) is 0 Å². The Hall–Kier alpha value is -2.02. The topological polar surface area (TPSA) is 55.1 Å². The Bertz CT molecular complexity index is 688. The van der Waals surface area contributed by atoms with Crippen LogP contribution in [0.15, 0.2) is 28.7 Å². The fraction of sp³-hybridized carbons (Fsp3) is 0.0714. The van der Waals surface area contributed by atoms with Crippen molar-refractivity contribution < 1.29 is 18.0 Å². The third kappa shape index (κ3) is 3.18. The van der Waals surface area contributed by atoms with Gasteiger partial charge in [0.2, 0.25) is 0 Å². The van der Waals surface area contributed by atoms with E-state index in [1.165, 1.54) is 0 Å². The number of carbonyl (C=O) groups is 1. The van der Waals surface area contributed by atoms with Gasteiger partial charge in [0.1, 0.15) is 23.0 Å². The van der Waals surface area contributed by atoms with E-state index in [1.54, 1.807) is 19.1 Å². The Balaban J connectivity index is 2.40. The molecule has 21 heavy (non-hydrogen) atoms. The lowest BCUT2D eigenvalue weighted by atomic mass is 10.1. The summed E-state index contributed by atoms with van der Waals surface area (Å²) in [6.45, 7) is 1.80. The first-order valence-electron chi connectivity index (χ1n) is 5.81. The molecule has 2 aromatic carbocycles. The maximum absolute atomic E-state index is 13.5. The molecular weight excluding hydrogens is 349 g/mol.